The fourth-order valence-corrected chi connectivity index (χ4v) is 4.18. The van der Waals surface area contributed by atoms with Crippen LogP contribution in [-0.2, 0) is 4.79 Å². The van der Waals surface area contributed by atoms with Crippen molar-refractivity contribution < 1.29 is 9.59 Å². The highest BCUT2D eigenvalue weighted by Crippen LogP contribution is 2.28. The van der Waals surface area contributed by atoms with Gasteiger partial charge in [0.05, 0.1) is 11.5 Å². The molecule has 4 nitrogen and oxygen atoms in total. The lowest BCUT2D eigenvalue weighted by atomic mass is 10.1. The van der Waals surface area contributed by atoms with Gasteiger partial charge < -0.3 is 10.2 Å². The maximum Gasteiger partial charge on any atom is 0.233 e. The van der Waals surface area contributed by atoms with E-state index in [1.54, 1.807) is 0 Å². The Bertz CT molecular complexity index is 527. The minimum Gasteiger partial charge on any atom is -0.335 e. The van der Waals surface area contributed by atoms with Crippen LogP contribution >= 0.6 is 24.2 Å². The minimum atomic E-state index is 0. The number of nitrogens with one attached hydrogen (secondary N) is 1. The SMILES string of the molecule is Cl.O=C(CSCC(=O)N1C2CCNCC1CC2)c1ccccc1. The highest BCUT2D eigenvalue weighted by molar-refractivity contribution is 8.00. The average Bonchev–Trinajstić information content (AvgIpc) is 2.81. The Labute approximate surface area is 147 Å². The fraction of sp³-hybridized carbons (Fsp3) is 0.529. The summed E-state index contributed by atoms with van der Waals surface area (Å²) in [7, 11) is 0. The smallest absolute Gasteiger partial charge is 0.233 e. The van der Waals surface area contributed by atoms with Crippen molar-refractivity contribution in [3.05, 3.63) is 35.9 Å². The second-order valence-electron chi connectivity index (χ2n) is 5.96. The first-order valence-corrected chi connectivity index (χ1v) is 9.09. The topological polar surface area (TPSA) is 49.4 Å². The van der Waals surface area contributed by atoms with Crippen LogP contribution in [0.15, 0.2) is 30.3 Å². The predicted octanol–water partition coefficient (Wildman–Crippen LogP) is 2.38. The number of benzene rings is 1. The van der Waals surface area contributed by atoms with Crippen molar-refractivity contribution in [3.8, 4) is 0 Å². The summed E-state index contributed by atoms with van der Waals surface area (Å²) in [6.07, 6.45) is 3.29. The molecule has 2 heterocycles. The molecule has 1 aromatic rings. The molecule has 126 valence electrons. The first kappa shape index (κ1) is 18.3. The van der Waals surface area contributed by atoms with Gasteiger partial charge in [0.1, 0.15) is 0 Å². The molecule has 2 saturated heterocycles. The number of rotatable bonds is 5. The highest BCUT2D eigenvalue weighted by atomic mass is 35.5. The maximum absolute atomic E-state index is 12.5. The van der Waals surface area contributed by atoms with Crippen LogP contribution in [0.1, 0.15) is 29.6 Å². The van der Waals surface area contributed by atoms with Crippen molar-refractivity contribution in [2.24, 2.45) is 0 Å². The zero-order chi connectivity index (χ0) is 15.4. The van der Waals surface area contributed by atoms with Gasteiger partial charge >= 0.3 is 0 Å². The molecule has 0 aromatic heterocycles. The largest absolute Gasteiger partial charge is 0.335 e. The molecule has 2 bridgehead atoms. The van der Waals surface area contributed by atoms with Crippen LogP contribution in [0.4, 0.5) is 0 Å². The van der Waals surface area contributed by atoms with Gasteiger partial charge in [0, 0.05) is 24.2 Å². The number of fused-ring (bicyclic) bond motifs is 2. The van der Waals surface area contributed by atoms with Gasteiger partial charge in [-0.2, -0.15) is 0 Å². The van der Waals surface area contributed by atoms with Gasteiger partial charge in [-0.15, -0.1) is 24.2 Å². The predicted molar refractivity (Wildman–Crippen MR) is 96.5 cm³/mol. The summed E-state index contributed by atoms with van der Waals surface area (Å²) >= 11 is 1.44. The van der Waals surface area contributed by atoms with E-state index in [2.05, 4.69) is 10.2 Å². The number of carbonyl (C=O) groups excluding carboxylic acids is 2. The van der Waals surface area contributed by atoms with Crippen LogP contribution in [-0.4, -0.2) is 53.3 Å². The number of hydrogen-bond acceptors (Lipinski definition) is 4. The standard InChI is InChI=1S/C17H22N2O2S.ClH/c20-16(13-4-2-1-3-5-13)11-22-12-17(21)19-14-6-7-15(19)10-18-9-8-14;/h1-5,14-15,18H,6-12H2;1H. The van der Waals surface area contributed by atoms with Gasteiger partial charge in [-0.25, -0.2) is 0 Å². The normalized spacial score (nSPS) is 23.0. The molecule has 6 heteroatoms. The molecule has 1 amide bonds. The van der Waals surface area contributed by atoms with Crippen molar-refractivity contribution in [3.63, 3.8) is 0 Å². The number of nitrogens with zero attached hydrogens (tertiary/aromatic N) is 1. The van der Waals surface area contributed by atoms with Crippen LogP contribution in [0.3, 0.4) is 0 Å². The lowest BCUT2D eigenvalue weighted by Crippen LogP contribution is -2.43. The molecule has 2 unspecified atom stereocenters. The Morgan fingerprint density at radius 2 is 1.83 bits per heavy atom. The van der Waals surface area contributed by atoms with Crippen molar-refractivity contribution in [2.45, 2.75) is 31.3 Å². The van der Waals surface area contributed by atoms with Gasteiger partial charge in [0.15, 0.2) is 5.78 Å². The molecule has 3 rings (SSSR count). The molecule has 23 heavy (non-hydrogen) atoms. The molecule has 0 radical (unpaired) electrons. The van der Waals surface area contributed by atoms with Crippen LogP contribution in [0.2, 0.25) is 0 Å². The van der Waals surface area contributed by atoms with Crippen molar-refractivity contribution in [1.29, 1.82) is 0 Å². The Morgan fingerprint density at radius 3 is 2.61 bits per heavy atom. The van der Waals surface area contributed by atoms with Crippen LogP contribution < -0.4 is 5.32 Å². The Kier molecular flexibility index (Phi) is 6.93. The lowest BCUT2D eigenvalue weighted by molar-refractivity contribution is -0.130. The van der Waals surface area contributed by atoms with E-state index in [1.165, 1.54) is 11.8 Å². The van der Waals surface area contributed by atoms with Crippen LogP contribution in [0.5, 0.6) is 0 Å². The average molecular weight is 355 g/mol. The molecular weight excluding hydrogens is 332 g/mol. The Hall–Kier alpha value is -1.04. The van der Waals surface area contributed by atoms with E-state index in [1.807, 2.05) is 30.3 Å². The van der Waals surface area contributed by atoms with Gasteiger partial charge in [-0.1, -0.05) is 30.3 Å². The number of halogens is 1. The van der Waals surface area contributed by atoms with Gasteiger partial charge in [-0.3, -0.25) is 9.59 Å². The second-order valence-corrected chi connectivity index (χ2v) is 6.95. The quantitative estimate of drug-likeness (QED) is 0.825. The number of hydrogen-bond donors (Lipinski definition) is 1. The third-order valence-electron chi connectivity index (χ3n) is 4.50. The molecule has 2 aliphatic rings. The summed E-state index contributed by atoms with van der Waals surface area (Å²) in [5.74, 6) is 1.07. The second kappa shape index (κ2) is 8.71. The summed E-state index contributed by atoms with van der Waals surface area (Å²) in [5, 5.41) is 3.40. The zero-order valence-corrected chi connectivity index (χ0v) is 14.7. The first-order valence-electron chi connectivity index (χ1n) is 7.93. The van der Waals surface area contributed by atoms with E-state index in [4.69, 9.17) is 0 Å². The monoisotopic (exact) mass is 354 g/mol. The number of carbonyl (C=O) groups is 2. The number of Topliss-reactive ketones (excluding diaryl/α,β-unsaturated/α-hetero) is 1. The van der Waals surface area contributed by atoms with E-state index >= 15 is 0 Å². The van der Waals surface area contributed by atoms with Crippen molar-refractivity contribution in [2.75, 3.05) is 24.6 Å². The van der Waals surface area contributed by atoms with E-state index in [0.717, 1.165) is 37.9 Å². The van der Waals surface area contributed by atoms with Gasteiger partial charge in [-0.05, 0) is 25.8 Å². The van der Waals surface area contributed by atoms with Gasteiger partial charge in [0.2, 0.25) is 5.91 Å². The van der Waals surface area contributed by atoms with Gasteiger partial charge in [0.25, 0.3) is 0 Å². The highest BCUT2D eigenvalue weighted by Gasteiger charge is 2.37. The molecular formula is C17H23ClN2O2S. The lowest BCUT2D eigenvalue weighted by Gasteiger charge is -2.27. The van der Waals surface area contributed by atoms with E-state index in [0.29, 0.717) is 23.6 Å². The number of ketones is 1. The van der Waals surface area contributed by atoms with Crippen molar-refractivity contribution in [1.82, 2.24) is 10.2 Å². The Morgan fingerprint density at radius 1 is 1.09 bits per heavy atom. The van der Waals surface area contributed by atoms with Crippen LogP contribution in [0, 0.1) is 0 Å². The zero-order valence-electron chi connectivity index (χ0n) is 13.1. The van der Waals surface area contributed by atoms with E-state index in [-0.39, 0.29) is 24.1 Å². The number of amides is 1. The summed E-state index contributed by atoms with van der Waals surface area (Å²) < 4.78 is 0. The van der Waals surface area contributed by atoms with E-state index in [9.17, 15) is 9.59 Å². The molecule has 2 fully saturated rings. The number of thioether (sulfide) groups is 1. The van der Waals surface area contributed by atoms with Crippen molar-refractivity contribution >= 4 is 35.9 Å². The van der Waals surface area contributed by atoms with E-state index < -0.39 is 0 Å². The minimum absolute atomic E-state index is 0. The first-order chi connectivity index (χ1) is 10.8. The maximum atomic E-state index is 12.5. The summed E-state index contributed by atoms with van der Waals surface area (Å²) in [6.45, 7) is 1.92. The molecule has 1 aromatic carbocycles. The molecule has 1 N–H and O–H groups in total. The third kappa shape index (κ3) is 4.49. The molecule has 0 aliphatic carbocycles. The summed E-state index contributed by atoms with van der Waals surface area (Å²) in [6, 6.07) is 10.0. The third-order valence-corrected chi connectivity index (χ3v) is 5.41. The fourth-order valence-electron chi connectivity index (χ4n) is 3.40. The molecule has 2 aliphatic heterocycles. The molecule has 0 spiro atoms. The molecule has 2 atom stereocenters. The summed E-state index contributed by atoms with van der Waals surface area (Å²) in [5.41, 5.74) is 0.724. The Balaban J connectivity index is 0.00000192. The summed E-state index contributed by atoms with van der Waals surface area (Å²) in [4.78, 5) is 26.6. The van der Waals surface area contributed by atoms with Crippen LogP contribution in [0.25, 0.3) is 0 Å². The molecule has 0 saturated carbocycles.